The van der Waals surface area contributed by atoms with E-state index in [9.17, 15) is 38.4 Å². The Morgan fingerprint density at radius 1 is 0.463 bits per heavy atom. The van der Waals surface area contributed by atoms with Gasteiger partial charge in [0.25, 0.3) is 0 Å². The highest BCUT2D eigenvalue weighted by Crippen LogP contribution is 1.63. The average Bonchev–Trinajstić information content (AvgIpc) is 3.17. The van der Waals surface area contributed by atoms with E-state index in [4.69, 9.17) is 5.73 Å². The zero-order chi connectivity index (χ0) is 45.7. The minimum absolute atomic E-state index is 0.00463. The van der Waals surface area contributed by atoms with Gasteiger partial charge in [0.05, 0.1) is 28.4 Å². The highest BCUT2D eigenvalue weighted by atomic mass is 32.1. The van der Waals surface area contributed by atoms with Gasteiger partial charge in [0.15, 0.2) is 11.1 Å². The average molecular weight is 810 g/mol. The fraction of sp³-hybridized carbons (Fsp3) is 0.667. The Labute approximate surface area is 327 Å². The molecule has 0 aliphatic heterocycles. The van der Waals surface area contributed by atoms with Crippen LogP contribution in [0.25, 0.3) is 0 Å². The smallest absolute Gasteiger partial charge is 0.406 e. The summed E-state index contributed by atoms with van der Waals surface area (Å²) in [6.45, 7) is 8.72. The number of methoxy groups -OCH3 is 4. The van der Waals surface area contributed by atoms with Crippen molar-refractivity contribution in [1.29, 1.82) is 0 Å². The molecule has 324 valence electrons. The van der Waals surface area contributed by atoms with E-state index < -0.39 is 12.2 Å². The molecule has 0 saturated heterocycles. The van der Waals surface area contributed by atoms with Gasteiger partial charge in [-0.3, -0.25) is 24.2 Å². The summed E-state index contributed by atoms with van der Waals surface area (Å²) in [5, 5.41) is 22.8. The van der Waals surface area contributed by atoms with Gasteiger partial charge in [-0.2, -0.15) is 0 Å². The fourth-order valence-corrected chi connectivity index (χ4v) is 0.566. The van der Waals surface area contributed by atoms with Crippen molar-refractivity contribution in [2.75, 3.05) is 98.9 Å². The molecule has 0 fully saturated rings. The highest BCUT2D eigenvalue weighted by Gasteiger charge is 1.86. The summed E-state index contributed by atoms with van der Waals surface area (Å²) in [5.74, 6) is 0.153. The number of ketones is 1. The van der Waals surface area contributed by atoms with Crippen LogP contribution in [-0.4, -0.2) is 158 Å². The van der Waals surface area contributed by atoms with Crippen LogP contribution in [0.1, 0.15) is 41.5 Å². The van der Waals surface area contributed by atoms with Gasteiger partial charge in [-0.25, -0.2) is 14.4 Å². The Kier molecular flexibility index (Phi) is 94.3. The monoisotopic (exact) mass is 810 g/mol. The molecule has 0 aliphatic rings. The van der Waals surface area contributed by atoms with Crippen LogP contribution in [-0.2, 0) is 42.9 Å². The number of carbonyl (C=O) groups is 8. The van der Waals surface area contributed by atoms with Crippen LogP contribution in [0.5, 0.6) is 0 Å². The largest absolute Gasteiger partial charge is 0.469 e. The topological polar surface area (TPSA) is 320 Å². The van der Waals surface area contributed by atoms with Crippen molar-refractivity contribution in [3.63, 3.8) is 0 Å². The van der Waals surface area contributed by atoms with Crippen molar-refractivity contribution in [1.82, 2.24) is 47.9 Å². The number of ether oxygens (including phenoxy) is 4. The fourth-order valence-electron chi connectivity index (χ4n) is 0.566. The predicted octanol–water partition coefficient (Wildman–Crippen LogP) is -1.19. The molecule has 0 aromatic carbocycles. The second-order valence-corrected chi connectivity index (χ2v) is 8.32. The van der Waals surface area contributed by atoms with Gasteiger partial charge in [-0.05, 0) is 26.1 Å². The molecule has 0 saturated carbocycles. The zero-order valence-corrected chi connectivity index (χ0v) is 36.6. The number of carbonyl (C=O) groups excluding carboxylic acids is 8. The van der Waals surface area contributed by atoms with Crippen molar-refractivity contribution < 1.29 is 57.3 Å². The third-order valence-electron chi connectivity index (χ3n) is 3.46. The zero-order valence-electron chi connectivity index (χ0n) is 35.8. The molecule has 0 unspecified atom stereocenters. The van der Waals surface area contributed by atoms with Crippen molar-refractivity contribution in [2.24, 2.45) is 10.7 Å². The lowest BCUT2D eigenvalue weighted by atomic mass is 10.6. The molecule has 0 atom stereocenters. The molecule has 0 aliphatic carbocycles. The quantitative estimate of drug-likeness (QED) is 0.0452. The lowest BCUT2D eigenvalue weighted by Gasteiger charge is -1.95. The molecule has 0 aromatic rings. The maximum Gasteiger partial charge on any atom is 0.406 e. The Morgan fingerprint density at radius 2 is 0.685 bits per heavy atom. The number of amides is 6. The molecule has 0 aromatic heterocycles. The molecule has 24 heteroatoms. The number of nitrogens with zero attached hydrogens (tertiary/aromatic N) is 1. The summed E-state index contributed by atoms with van der Waals surface area (Å²) >= 11 is 4.63. The Morgan fingerprint density at radius 3 is 0.685 bits per heavy atom. The summed E-state index contributed by atoms with van der Waals surface area (Å²) in [4.78, 5) is 81.3. The Balaban J connectivity index is -0.0000000499. The van der Waals surface area contributed by atoms with Crippen LogP contribution < -0.4 is 53.6 Å². The second-order valence-electron chi connectivity index (χ2n) is 7.91. The van der Waals surface area contributed by atoms with Gasteiger partial charge in [0.1, 0.15) is 5.78 Å². The van der Waals surface area contributed by atoms with Crippen molar-refractivity contribution in [2.45, 2.75) is 41.5 Å². The summed E-state index contributed by atoms with van der Waals surface area (Å²) in [6.07, 6.45) is -0.815. The first-order valence-corrected chi connectivity index (χ1v) is 15.4. The number of thiocarbonyl (C=S) groups is 1. The number of nitrogens with one attached hydrogen (secondary N) is 9. The third kappa shape index (κ3) is 191. The second kappa shape index (κ2) is 69.1. The van der Waals surface area contributed by atoms with Gasteiger partial charge in [0.2, 0.25) is 11.8 Å². The van der Waals surface area contributed by atoms with Crippen LogP contribution in [0.3, 0.4) is 0 Å². The lowest BCUT2D eigenvalue weighted by molar-refractivity contribution is -0.138. The molecule has 0 heterocycles. The molecule has 0 spiro atoms. The minimum Gasteiger partial charge on any atom is -0.469 e. The molecule has 0 radical (unpaired) electrons. The molecule has 23 nitrogen and oxygen atoms in total. The number of rotatable bonds is 0. The first-order valence-electron chi connectivity index (χ1n) is 15.0. The van der Waals surface area contributed by atoms with Crippen LogP contribution in [0, 0.1) is 0 Å². The van der Waals surface area contributed by atoms with E-state index in [0.717, 1.165) is 0 Å². The summed E-state index contributed by atoms with van der Waals surface area (Å²) < 4.78 is 16.5. The predicted molar refractivity (Wildman–Crippen MR) is 215 cm³/mol. The standard InChI is InChI=1S/C3H9N3.C3H8N2O.C3H8N2S.2C3H7NO2.2C3H7NO.2C3H6O2.C3H6O/c1-5-3(4)6-2;2*1-4-3(6)5-2;2*1-4-3(5)6-2;2*1-3(5)4-2;2*1-3(4)5-2;1-3(2)4/h1-2H3,(H3,4,5,6);2*1-2H3,(H2,4,5,6);2*1-2H3,(H,4,5);2*1-2H3,(H,4,5);2*1-2H3;1-2H3. The molecular formula is C30H71N11O12S. The maximum atomic E-state index is 9.96. The number of alkyl carbamates (subject to hydrolysis) is 2. The van der Waals surface area contributed by atoms with Crippen molar-refractivity contribution in [3.05, 3.63) is 0 Å². The molecule has 0 rings (SSSR count). The van der Waals surface area contributed by atoms with E-state index in [1.54, 1.807) is 56.4 Å². The molecule has 0 bridgehead atoms. The highest BCUT2D eigenvalue weighted by molar-refractivity contribution is 7.80. The number of nitrogens with two attached hydrogens (primary N) is 1. The van der Waals surface area contributed by atoms with Crippen LogP contribution >= 0.6 is 12.2 Å². The Bertz CT molecular complexity index is 827. The van der Waals surface area contributed by atoms with E-state index in [-0.39, 0.29) is 35.6 Å². The van der Waals surface area contributed by atoms with Gasteiger partial charge in [-0.1, -0.05) is 0 Å². The number of guanidine groups is 1. The van der Waals surface area contributed by atoms with E-state index in [0.29, 0.717) is 11.1 Å². The van der Waals surface area contributed by atoms with Gasteiger partial charge < -0.3 is 77.3 Å². The van der Waals surface area contributed by atoms with Crippen molar-refractivity contribution >= 4 is 71.0 Å². The van der Waals surface area contributed by atoms with E-state index in [1.165, 1.54) is 84.1 Å². The minimum atomic E-state index is -0.407. The van der Waals surface area contributed by atoms with E-state index >= 15 is 0 Å². The van der Waals surface area contributed by atoms with Crippen LogP contribution in [0.15, 0.2) is 4.99 Å². The van der Waals surface area contributed by atoms with Gasteiger partial charge in [0, 0.05) is 98.2 Å². The maximum absolute atomic E-state index is 9.96. The SMILES string of the molecule is CC(C)=O.CN=C(N)NC.CNC(=O)NC.CNC(=O)OC.CNC(=O)OC.CNC(=S)NC.CNC(C)=O.CNC(C)=O.COC(C)=O.COC(C)=O. The number of esters is 2. The number of urea groups is 1. The summed E-state index contributed by atoms with van der Waals surface area (Å²) in [7, 11) is 21.6. The van der Waals surface area contributed by atoms with Crippen LogP contribution in [0.4, 0.5) is 14.4 Å². The van der Waals surface area contributed by atoms with Gasteiger partial charge in [-0.15, -0.1) is 0 Å². The first kappa shape index (κ1) is 73.7. The van der Waals surface area contributed by atoms with Gasteiger partial charge >= 0.3 is 30.2 Å². The third-order valence-corrected chi connectivity index (χ3v) is 3.87. The normalized spacial score (nSPS) is 7.37. The number of Topliss-reactive ketones (excluding diaryl/α,β-unsaturated/α-hetero) is 1. The summed E-state index contributed by atoms with van der Waals surface area (Å²) in [6, 6.07) is -0.157. The first-order chi connectivity index (χ1) is 24.9. The number of hydrogen-bond donors (Lipinski definition) is 10. The van der Waals surface area contributed by atoms with E-state index in [1.807, 2.05) is 0 Å². The van der Waals surface area contributed by atoms with Crippen molar-refractivity contribution in [3.8, 4) is 0 Å². The lowest BCUT2D eigenvalue weighted by Crippen LogP contribution is -2.28. The Hall–Kier alpha value is -5.68. The molecule has 11 N–H and O–H groups in total. The molecule has 6 amide bonds. The van der Waals surface area contributed by atoms with Crippen LogP contribution in [0.2, 0.25) is 0 Å². The van der Waals surface area contributed by atoms with E-state index in [2.05, 4.69) is 84.0 Å². The number of hydrogen-bond acceptors (Lipinski definition) is 14. The number of aliphatic imine (C=N–C) groups is 1. The molecule has 54 heavy (non-hydrogen) atoms. The molecular weight excluding hydrogens is 738 g/mol. The summed E-state index contributed by atoms with van der Waals surface area (Å²) in [5.41, 5.74) is 5.11.